The largest absolute Gasteiger partial charge is 0.435 e. The Morgan fingerprint density at radius 1 is 1.07 bits per heavy atom. The first-order valence-electron chi connectivity index (χ1n) is 7.94. The SMILES string of the molecule is O=C(Cn1ccc(C(F)(F)F)n1)Nc1ccc(S(=O)(=O)Nc2ncccn2)cc1. The van der Waals surface area contributed by atoms with Crippen LogP contribution in [0.25, 0.3) is 0 Å². The van der Waals surface area contributed by atoms with Gasteiger partial charge in [0.25, 0.3) is 10.0 Å². The van der Waals surface area contributed by atoms with Gasteiger partial charge < -0.3 is 5.32 Å². The zero-order valence-electron chi connectivity index (χ0n) is 14.5. The van der Waals surface area contributed by atoms with E-state index in [1.54, 1.807) is 0 Å². The van der Waals surface area contributed by atoms with Gasteiger partial charge in [-0.15, -0.1) is 0 Å². The molecule has 0 unspecified atom stereocenters. The highest BCUT2D eigenvalue weighted by atomic mass is 32.2. The zero-order chi connectivity index (χ0) is 21.1. The van der Waals surface area contributed by atoms with Crippen LogP contribution in [0, 0.1) is 0 Å². The summed E-state index contributed by atoms with van der Waals surface area (Å²) in [6.07, 6.45) is -0.807. The first-order chi connectivity index (χ1) is 13.6. The van der Waals surface area contributed by atoms with E-state index < -0.39 is 34.3 Å². The number of nitrogens with one attached hydrogen (secondary N) is 2. The van der Waals surface area contributed by atoms with Crippen LogP contribution in [0.3, 0.4) is 0 Å². The van der Waals surface area contributed by atoms with Gasteiger partial charge in [0.2, 0.25) is 11.9 Å². The second-order valence-electron chi connectivity index (χ2n) is 5.65. The number of amides is 1. The molecule has 152 valence electrons. The number of aromatic nitrogens is 4. The van der Waals surface area contributed by atoms with Gasteiger partial charge in [-0.05, 0) is 36.4 Å². The molecule has 0 spiro atoms. The first kappa shape index (κ1) is 20.3. The molecule has 2 aromatic heterocycles. The first-order valence-corrected chi connectivity index (χ1v) is 9.42. The fourth-order valence-electron chi connectivity index (χ4n) is 2.20. The molecule has 0 saturated carbocycles. The highest BCUT2D eigenvalue weighted by molar-refractivity contribution is 7.92. The smallest absolute Gasteiger partial charge is 0.324 e. The molecule has 0 aliphatic heterocycles. The van der Waals surface area contributed by atoms with Crippen LogP contribution < -0.4 is 10.0 Å². The summed E-state index contributed by atoms with van der Waals surface area (Å²) in [4.78, 5) is 19.4. The molecule has 0 bridgehead atoms. The van der Waals surface area contributed by atoms with Crippen LogP contribution >= 0.6 is 0 Å². The number of anilines is 2. The molecule has 0 saturated heterocycles. The lowest BCUT2D eigenvalue weighted by Crippen LogP contribution is -2.20. The summed E-state index contributed by atoms with van der Waals surface area (Å²) in [5.41, 5.74) is -0.845. The normalized spacial score (nSPS) is 11.8. The number of alkyl halides is 3. The van der Waals surface area contributed by atoms with Crippen LogP contribution in [0.5, 0.6) is 0 Å². The average Bonchev–Trinajstić information content (AvgIpc) is 3.11. The third kappa shape index (κ3) is 5.28. The molecule has 0 atom stereocenters. The molecule has 0 radical (unpaired) electrons. The second kappa shape index (κ2) is 7.87. The summed E-state index contributed by atoms with van der Waals surface area (Å²) in [5, 5.41) is 5.73. The second-order valence-corrected chi connectivity index (χ2v) is 7.33. The summed E-state index contributed by atoms with van der Waals surface area (Å²) >= 11 is 0. The maximum absolute atomic E-state index is 12.5. The molecular formula is C16H13F3N6O3S. The minimum Gasteiger partial charge on any atom is -0.324 e. The molecule has 0 aliphatic carbocycles. The van der Waals surface area contributed by atoms with Gasteiger partial charge >= 0.3 is 6.18 Å². The molecule has 2 N–H and O–H groups in total. The average molecular weight is 426 g/mol. The number of hydrogen-bond acceptors (Lipinski definition) is 6. The highest BCUT2D eigenvalue weighted by Gasteiger charge is 2.33. The van der Waals surface area contributed by atoms with E-state index in [4.69, 9.17) is 0 Å². The number of benzene rings is 1. The Bertz CT molecular complexity index is 1100. The van der Waals surface area contributed by atoms with Gasteiger partial charge in [0.05, 0.1) is 4.90 Å². The van der Waals surface area contributed by atoms with E-state index in [2.05, 4.69) is 25.1 Å². The van der Waals surface area contributed by atoms with Crippen LogP contribution in [-0.2, 0) is 27.5 Å². The van der Waals surface area contributed by atoms with Crippen molar-refractivity contribution in [2.45, 2.75) is 17.6 Å². The van der Waals surface area contributed by atoms with Crippen LogP contribution in [0.2, 0.25) is 0 Å². The van der Waals surface area contributed by atoms with Crippen molar-refractivity contribution in [1.29, 1.82) is 0 Å². The molecule has 29 heavy (non-hydrogen) atoms. The molecule has 0 fully saturated rings. The van der Waals surface area contributed by atoms with Gasteiger partial charge in [-0.2, -0.15) is 18.3 Å². The van der Waals surface area contributed by atoms with E-state index in [0.29, 0.717) is 0 Å². The number of hydrogen-bond donors (Lipinski definition) is 2. The Morgan fingerprint density at radius 2 is 1.72 bits per heavy atom. The lowest BCUT2D eigenvalue weighted by Gasteiger charge is -2.08. The molecule has 2 heterocycles. The fraction of sp³-hybridized carbons (Fsp3) is 0.125. The maximum atomic E-state index is 12.5. The van der Waals surface area contributed by atoms with Crippen molar-refractivity contribution >= 4 is 27.6 Å². The van der Waals surface area contributed by atoms with Crippen LogP contribution in [-0.4, -0.2) is 34.1 Å². The maximum Gasteiger partial charge on any atom is 0.435 e. The Hall–Kier alpha value is -3.48. The van der Waals surface area contributed by atoms with Gasteiger partial charge in [-0.25, -0.2) is 23.1 Å². The number of halogens is 3. The van der Waals surface area contributed by atoms with Gasteiger partial charge in [-0.1, -0.05) is 0 Å². The van der Waals surface area contributed by atoms with Gasteiger partial charge in [0.1, 0.15) is 6.54 Å². The standard InChI is InChI=1S/C16H13F3N6O3S/c17-16(18,19)13-6-9-25(23-13)10-14(26)22-11-2-4-12(5-3-11)29(27,28)24-15-20-7-1-8-21-15/h1-9H,10H2,(H,22,26)(H,20,21,24). The molecule has 3 rings (SSSR count). The fourth-order valence-corrected chi connectivity index (χ4v) is 3.15. The predicted octanol–water partition coefficient (Wildman–Crippen LogP) is 2.13. The van der Waals surface area contributed by atoms with Crippen molar-refractivity contribution in [2.24, 2.45) is 0 Å². The number of carbonyl (C=O) groups excluding carboxylic acids is 1. The van der Waals surface area contributed by atoms with E-state index in [1.165, 1.54) is 42.7 Å². The van der Waals surface area contributed by atoms with Gasteiger partial charge in [0, 0.05) is 24.3 Å². The number of nitrogens with zero attached hydrogens (tertiary/aromatic N) is 4. The molecule has 13 heteroatoms. The lowest BCUT2D eigenvalue weighted by atomic mass is 10.3. The van der Waals surface area contributed by atoms with Crippen molar-refractivity contribution in [3.63, 3.8) is 0 Å². The topological polar surface area (TPSA) is 119 Å². The Balaban J connectivity index is 1.63. The lowest BCUT2D eigenvalue weighted by molar-refractivity contribution is -0.141. The van der Waals surface area contributed by atoms with Crippen LogP contribution in [0.15, 0.2) is 59.9 Å². The van der Waals surface area contributed by atoms with Gasteiger partial charge in [0.15, 0.2) is 5.69 Å². The summed E-state index contributed by atoms with van der Waals surface area (Å²) in [6.45, 7) is -0.441. The molecule has 1 amide bonds. The molecular weight excluding hydrogens is 413 g/mol. The summed E-state index contributed by atoms with van der Waals surface area (Å²) < 4.78 is 65.2. The third-order valence-corrected chi connectivity index (χ3v) is 4.82. The number of rotatable bonds is 6. The van der Waals surface area contributed by atoms with Crippen molar-refractivity contribution in [2.75, 3.05) is 10.0 Å². The van der Waals surface area contributed by atoms with E-state index in [9.17, 15) is 26.4 Å². The van der Waals surface area contributed by atoms with Crippen LogP contribution in [0.1, 0.15) is 5.69 Å². The Labute approximate surface area is 162 Å². The molecule has 0 aliphatic rings. The zero-order valence-corrected chi connectivity index (χ0v) is 15.3. The summed E-state index contributed by atoms with van der Waals surface area (Å²) in [7, 11) is -3.93. The summed E-state index contributed by atoms with van der Waals surface area (Å²) in [5.74, 6) is -0.726. The highest BCUT2D eigenvalue weighted by Crippen LogP contribution is 2.27. The quantitative estimate of drug-likeness (QED) is 0.623. The van der Waals surface area contributed by atoms with E-state index >= 15 is 0 Å². The molecule has 3 aromatic rings. The van der Waals surface area contributed by atoms with Crippen molar-refractivity contribution in [3.8, 4) is 0 Å². The van der Waals surface area contributed by atoms with E-state index in [-0.39, 0.29) is 16.5 Å². The minimum absolute atomic E-state index is 0.0927. The van der Waals surface area contributed by atoms with Crippen molar-refractivity contribution < 1.29 is 26.4 Å². The van der Waals surface area contributed by atoms with Crippen LogP contribution in [0.4, 0.5) is 24.8 Å². The third-order valence-electron chi connectivity index (χ3n) is 3.48. The monoisotopic (exact) mass is 426 g/mol. The molecule has 1 aromatic carbocycles. The Kier molecular flexibility index (Phi) is 5.50. The number of sulfonamides is 1. The van der Waals surface area contributed by atoms with Crippen molar-refractivity contribution in [1.82, 2.24) is 19.7 Å². The minimum atomic E-state index is -4.60. The predicted molar refractivity (Wildman–Crippen MR) is 95.1 cm³/mol. The molecule has 9 nitrogen and oxygen atoms in total. The van der Waals surface area contributed by atoms with Crippen molar-refractivity contribution in [3.05, 3.63) is 60.7 Å². The van der Waals surface area contributed by atoms with E-state index in [1.807, 2.05) is 0 Å². The summed E-state index contributed by atoms with van der Waals surface area (Å²) in [6, 6.07) is 7.46. The van der Waals surface area contributed by atoms with E-state index in [0.717, 1.165) is 16.9 Å². The number of carbonyl (C=O) groups is 1. The van der Waals surface area contributed by atoms with Gasteiger partial charge in [-0.3, -0.25) is 9.48 Å². The Morgan fingerprint density at radius 3 is 2.31 bits per heavy atom.